The molecule has 0 saturated heterocycles. The fraction of sp³-hybridized carbons (Fsp3) is 0.364. The molecule has 76 valence electrons. The monoisotopic (exact) mass is 193 g/mol. The highest BCUT2D eigenvalue weighted by Gasteiger charge is 2.11. The van der Waals surface area contributed by atoms with E-state index in [1.165, 1.54) is 0 Å². The van der Waals surface area contributed by atoms with Gasteiger partial charge in [0, 0.05) is 0 Å². The number of amides is 1. The summed E-state index contributed by atoms with van der Waals surface area (Å²) in [4.78, 5) is 11.1. The summed E-state index contributed by atoms with van der Waals surface area (Å²) < 4.78 is 5.34. The van der Waals surface area contributed by atoms with Crippen molar-refractivity contribution >= 4 is 11.6 Å². The summed E-state index contributed by atoms with van der Waals surface area (Å²) in [5.74, 6) is 0.767. The number of rotatable bonds is 0. The van der Waals surface area contributed by atoms with Crippen LogP contribution < -0.4 is 10.1 Å². The zero-order chi connectivity index (χ0) is 10.4. The van der Waals surface area contributed by atoms with Crippen LogP contribution in [0.2, 0.25) is 0 Å². The number of carbonyl (C=O) groups is 1. The average molecular weight is 193 g/mol. The molecule has 1 aliphatic heterocycles. The van der Waals surface area contributed by atoms with Gasteiger partial charge in [-0.05, 0) is 12.1 Å². The van der Waals surface area contributed by atoms with E-state index in [1.807, 2.05) is 38.1 Å². The SMILES string of the molecule is CC.O=C1CCOc2ccccc2N1. The van der Waals surface area contributed by atoms with Crippen LogP contribution in [-0.2, 0) is 4.79 Å². The molecule has 2 rings (SSSR count). The number of fused-ring (bicyclic) bond motifs is 1. The first kappa shape index (κ1) is 10.6. The smallest absolute Gasteiger partial charge is 0.227 e. The van der Waals surface area contributed by atoms with Crippen molar-refractivity contribution in [2.24, 2.45) is 0 Å². The fourth-order valence-electron chi connectivity index (χ4n) is 1.16. The predicted molar refractivity (Wildman–Crippen MR) is 56.5 cm³/mol. The first-order valence-corrected chi connectivity index (χ1v) is 4.88. The molecule has 1 aromatic carbocycles. The van der Waals surface area contributed by atoms with E-state index in [2.05, 4.69) is 5.32 Å². The van der Waals surface area contributed by atoms with Gasteiger partial charge < -0.3 is 10.1 Å². The van der Waals surface area contributed by atoms with Crippen LogP contribution >= 0.6 is 0 Å². The minimum atomic E-state index is 0.0138. The predicted octanol–water partition coefficient (Wildman–Crippen LogP) is 2.43. The van der Waals surface area contributed by atoms with Gasteiger partial charge in [-0.1, -0.05) is 26.0 Å². The highest BCUT2D eigenvalue weighted by molar-refractivity contribution is 5.92. The number of hydrogen-bond donors (Lipinski definition) is 1. The zero-order valence-corrected chi connectivity index (χ0v) is 8.54. The van der Waals surface area contributed by atoms with Crippen LogP contribution in [0, 0.1) is 0 Å². The standard InChI is InChI=1S/C9H9NO2.C2H6/c11-9-5-6-12-8-4-2-1-3-7(8)10-9;1-2/h1-4H,5-6H2,(H,10,11);1-2H3. The number of para-hydroxylation sites is 2. The van der Waals surface area contributed by atoms with E-state index < -0.39 is 0 Å². The molecule has 1 aliphatic rings. The van der Waals surface area contributed by atoms with Crippen LogP contribution in [-0.4, -0.2) is 12.5 Å². The van der Waals surface area contributed by atoms with Gasteiger partial charge in [-0.25, -0.2) is 0 Å². The van der Waals surface area contributed by atoms with Crippen molar-refractivity contribution in [3.63, 3.8) is 0 Å². The fourth-order valence-corrected chi connectivity index (χ4v) is 1.16. The summed E-state index contributed by atoms with van der Waals surface area (Å²) in [6, 6.07) is 7.43. The van der Waals surface area contributed by atoms with E-state index in [1.54, 1.807) is 0 Å². The molecule has 3 heteroatoms. The summed E-state index contributed by atoms with van der Waals surface area (Å²) in [7, 11) is 0. The van der Waals surface area contributed by atoms with Crippen LogP contribution in [0.3, 0.4) is 0 Å². The van der Waals surface area contributed by atoms with Crippen LogP contribution in [0.4, 0.5) is 5.69 Å². The van der Waals surface area contributed by atoms with Crippen molar-refractivity contribution in [1.82, 2.24) is 0 Å². The summed E-state index contributed by atoms with van der Waals surface area (Å²) in [5, 5.41) is 2.76. The molecular weight excluding hydrogens is 178 g/mol. The van der Waals surface area contributed by atoms with E-state index >= 15 is 0 Å². The lowest BCUT2D eigenvalue weighted by Crippen LogP contribution is -2.10. The second kappa shape index (κ2) is 5.27. The lowest BCUT2D eigenvalue weighted by Gasteiger charge is -2.04. The minimum absolute atomic E-state index is 0.0138. The highest BCUT2D eigenvalue weighted by atomic mass is 16.5. The molecule has 3 nitrogen and oxygen atoms in total. The molecule has 1 aromatic rings. The number of hydrogen-bond acceptors (Lipinski definition) is 2. The Bertz CT molecular complexity index is 310. The van der Waals surface area contributed by atoms with Crippen molar-refractivity contribution in [2.45, 2.75) is 20.3 Å². The Balaban J connectivity index is 0.000000461. The van der Waals surface area contributed by atoms with Crippen molar-refractivity contribution in [3.05, 3.63) is 24.3 Å². The maximum absolute atomic E-state index is 11.1. The zero-order valence-electron chi connectivity index (χ0n) is 8.54. The van der Waals surface area contributed by atoms with Crippen LogP contribution in [0.25, 0.3) is 0 Å². The van der Waals surface area contributed by atoms with Gasteiger partial charge in [0.25, 0.3) is 0 Å². The second-order valence-electron chi connectivity index (χ2n) is 2.64. The molecule has 0 radical (unpaired) electrons. The number of anilines is 1. The lowest BCUT2D eigenvalue weighted by atomic mass is 10.3. The Labute approximate surface area is 84.1 Å². The molecule has 0 aromatic heterocycles. The van der Waals surface area contributed by atoms with E-state index in [-0.39, 0.29) is 5.91 Å². The first-order valence-electron chi connectivity index (χ1n) is 4.88. The van der Waals surface area contributed by atoms with E-state index in [0.29, 0.717) is 13.0 Å². The van der Waals surface area contributed by atoms with Crippen molar-refractivity contribution < 1.29 is 9.53 Å². The average Bonchev–Trinajstić information content (AvgIpc) is 2.41. The molecule has 1 heterocycles. The van der Waals surface area contributed by atoms with Crippen molar-refractivity contribution in [2.75, 3.05) is 11.9 Å². The molecule has 14 heavy (non-hydrogen) atoms. The Morgan fingerprint density at radius 1 is 1.29 bits per heavy atom. The Hall–Kier alpha value is -1.51. The first-order chi connectivity index (χ1) is 6.86. The van der Waals surface area contributed by atoms with E-state index in [4.69, 9.17) is 4.74 Å². The number of carbonyl (C=O) groups excluding carboxylic acids is 1. The molecule has 0 aliphatic carbocycles. The van der Waals surface area contributed by atoms with Crippen molar-refractivity contribution in [1.29, 1.82) is 0 Å². The highest BCUT2D eigenvalue weighted by Crippen LogP contribution is 2.25. The maximum atomic E-state index is 11.1. The second-order valence-corrected chi connectivity index (χ2v) is 2.64. The Morgan fingerprint density at radius 3 is 2.79 bits per heavy atom. The molecule has 0 spiro atoms. The third kappa shape index (κ3) is 2.49. The van der Waals surface area contributed by atoms with Crippen LogP contribution in [0.15, 0.2) is 24.3 Å². The number of ether oxygens (including phenoxy) is 1. The van der Waals surface area contributed by atoms with Gasteiger partial charge in [-0.3, -0.25) is 4.79 Å². The molecule has 0 bridgehead atoms. The maximum Gasteiger partial charge on any atom is 0.227 e. The van der Waals surface area contributed by atoms with Gasteiger partial charge in [0.2, 0.25) is 5.91 Å². The molecular formula is C11H15NO2. The third-order valence-corrected chi connectivity index (χ3v) is 1.75. The number of benzene rings is 1. The molecule has 1 N–H and O–H groups in total. The van der Waals surface area contributed by atoms with Crippen LogP contribution in [0.5, 0.6) is 5.75 Å². The van der Waals surface area contributed by atoms with Gasteiger partial charge in [-0.15, -0.1) is 0 Å². The van der Waals surface area contributed by atoms with Gasteiger partial charge in [0.15, 0.2) is 0 Å². The Kier molecular flexibility index (Phi) is 3.98. The van der Waals surface area contributed by atoms with Gasteiger partial charge in [0.05, 0.1) is 18.7 Å². The van der Waals surface area contributed by atoms with E-state index in [0.717, 1.165) is 11.4 Å². The van der Waals surface area contributed by atoms with Crippen LogP contribution in [0.1, 0.15) is 20.3 Å². The normalized spacial score (nSPS) is 13.7. The topological polar surface area (TPSA) is 38.3 Å². The largest absolute Gasteiger partial charge is 0.491 e. The molecule has 0 unspecified atom stereocenters. The molecule has 1 amide bonds. The summed E-state index contributed by atoms with van der Waals surface area (Å²) in [5.41, 5.74) is 0.764. The third-order valence-electron chi connectivity index (χ3n) is 1.75. The summed E-state index contributed by atoms with van der Waals surface area (Å²) in [6.45, 7) is 4.46. The van der Waals surface area contributed by atoms with Gasteiger partial charge in [-0.2, -0.15) is 0 Å². The molecule has 0 saturated carbocycles. The summed E-state index contributed by atoms with van der Waals surface area (Å²) >= 11 is 0. The van der Waals surface area contributed by atoms with Gasteiger partial charge in [0.1, 0.15) is 5.75 Å². The number of nitrogens with one attached hydrogen (secondary N) is 1. The lowest BCUT2D eigenvalue weighted by molar-refractivity contribution is -0.116. The quantitative estimate of drug-likeness (QED) is 0.687. The van der Waals surface area contributed by atoms with Gasteiger partial charge >= 0.3 is 0 Å². The van der Waals surface area contributed by atoms with Crippen molar-refractivity contribution in [3.8, 4) is 5.75 Å². The minimum Gasteiger partial charge on any atom is -0.491 e. The molecule has 0 fully saturated rings. The Morgan fingerprint density at radius 2 is 2.00 bits per heavy atom. The molecule has 0 atom stereocenters. The summed E-state index contributed by atoms with van der Waals surface area (Å²) in [6.07, 6.45) is 0.425. The van der Waals surface area contributed by atoms with E-state index in [9.17, 15) is 4.79 Å².